The van der Waals surface area contributed by atoms with Crippen molar-refractivity contribution in [3.8, 4) is 22.6 Å². The summed E-state index contributed by atoms with van der Waals surface area (Å²) in [6, 6.07) is 15.0. The van der Waals surface area contributed by atoms with E-state index in [1.54, 1.807) is 18.2 Å². The van der Waals surface area contributed by atoms with Gasteiger partial charge in [-0.15, -0.1) is 0 Å². The topological polar surface area (TPSA) is 62.3 Å². The lowest BCUT2D eigenvalue weighted by molar-refractivity contribution is 0.624. The summed E-state index contributed by atoms with van der Waals surface area (Å²) in [4.78, 5) is 7.86. The van der Waals surface area contributed by atoms with Crippen LogP contribution < -0.4 is 0 Å². The summed E-state index contributed by atoms with van der Waals surface area (Å²) >= 11 is 0. The third-order valence-corrected chi connectivity index (χ3v) is 6.09. The van der Waals surface area contributed by atoms with Crippen LogP contribution in [0.1, 0.15) is 22.6 Å². The van der Waals surface area contributed by atoms with Gasteiger partial charge in [-0.1, -0.05) is 43.0 Å². The van der Waals surface area contributed by atoms with Gasteiger partial charge in [-0.2, -0.15) is 5.10 Å². The molecule has 164 valence electrons. The molecule has 0 saturated heterocycles. The van der Waals surface area contributed by atoms with E-state index in [1.165, 1.54) is 6.07 Å². The summed E-state index contributed by atoms with van der Waals surface area (Å²) < 4.78 is 16.7. The second kappa shape index (κ2) is 8.06. The van der Waals surface area contributed by atoms with Crippen LogP contribution in [0.15, 0.2) is 73.5 Å². The minimum Gasteiger partial charge on any atom is -0.357 e. The maximum atomic E-state index is 14.6. The number of halogens is 1. The summed E-state index contributed by atoms with van der Waals surface area (Å²) in [6.07, 6.45) is 5.40. The molecule has 33 heavy (non-hydrogen) atoms. The zero-order chi connectivity index (χ0) is 23.1. The molecular weight excluding hydrogens is 413 g/mol. The van der Waals surface area contributed by atoms with E-state index >= 15 is 0 Å². The Morgan fingerprint density at radius 1 is 1.09 bits per heavy atom. The van der Waals surface area contributed by atoms with Crippen LogP contribution in [0.25, 0.3) is 39.1 Å². The van der Waals surface area contributed by atoms with Crippen molar-refractivity contribution in [3.63, 3.8) is 0 Å². The van der Waals surface area contributed by atoms with Crippen molar-refractivity contribution < 1.29 is 4.39 Å². The molecule has 0 spiro atoms. The molecule has 6 heteroatoms. The van der Waals surface area contributed by atoms with Gasteiger partial charge >= 0.3 is 0 Å². The number of nitrogens with one attached hydrogen (secondary N) is 2. The maximum absolute atomic E-state index is 14.6. The molecule has 0 atom stereocenters. The predicted octanol–water partition coefficient (Wildman–Crippen LogP) is 6.33. The van der Waals surface area contributed by atoms with Crippen molar-refractivity contribution in [3.05, 3.63) is 102 Å². The van der Waals surface area contributed by atoms with Crippen LogP contribution >= 0.6 is 0 Å². The van der Waals surface area contributed by atoms with Crippen LogP contribution in [0.4, 0.5) is 4.39 Å². The fourth-order valence-corrected chi connectivity index (χ4v) is 4.24. The van der Waals surface area contributed by atoms with Gasteiger partial charge in [-0.05, 0) is 43.7 Å². The van der Waals surface area contributed by atoms with Crippen LogP contribution in [0.3, 0.4) is 0 Å². The predicted molar refractivity (Wildman–Crippen MR) is 131 cm³/mol. The van der Waals surface area contributed by atoms with E-state index in [-0.39, 0.29) is 5.82 Å². The van der Waals surface area contributed by atoms with Crippen molar-refractivity contribution in [2.75, 3.05) is 0 Å². The largest absolute Gasteiger partial charge is 0.357 e. The van der Waals surface area contributed by atoms with Crippen molar-refractivity contribution in [2.24, 2.45) is 7.05 Å². The monoisotopic (exact) mass is 437 g/mol. The van der Waals surface area contributed by atoms with Crippen molar-refractivity contribution in [1.82, 2.24) is 24.7 Å². The highest BCUT2D eigenvalue weighted by atomic mass is 19.1. The number of rotatable bonds is 5. The maximum Gasteiger partial charge on any atom is 0.131 e. The smallest absolute Gasteiger partial charge is 0.131 e. The molecule has 5 aromatic rings. The van der Waals surface area contributed by atoms with Crippen molar-refractivity contribution in [2.45, 2.75) is 13.8 Å². The van der Waals surface area contributed by atoms with E-state index in [4.69, 9.17) is 0 Å². The summed E-state index contributed by atoms with van der Waals surface area (Å²) in [7, 11) is 2.01. The number of aromatic nitrogens is 5. The molecule has 0 radical (unpaired) electrons. The lowest BCUT2D eigenvalue weighted by Crippen LogP contribution is -1.94. The number of aryl methyl sites for hydroxylation is 2. The number of benzene rings is 2. The quantitative estimate of drug-likeness (QED) is 0.316. The van der Waals surface area contributed by atoms with Crippen molar-refractivity contribution in [1.29, 1.82) is 0 Å². The van der Waals surface area contributed by atoms with Crippen LogP contribution in [0.5, 0.6) is 0 Å². The third kappa shape index (κ3) is 3.49. The Morgan fingerprint density at radius 3 is 2.64 bits per heavy atom. The third-order valence-electron chi connectivity index (χ3n) is 6.09. The van der Waals surface area contributed by atoms with Gasteiger partial charge in [0.25, 0.3) is 0 Å². The Labute approximate surface area is 191 Å². The summed E-state index contributed by atoms with van der Waals surface area (Å²) in [6.45, 7) is 7.79. The first-order valence-electron chi connectivity index (χ1n) is 10.7. The number of nitrogens with zero attached hydrogens (tertiary/aromatic N) is 3. The van der Waals surface area contributed by atoms with Gasteiger partial charge < -0.3 is 9.55 Å². The lowest BCUT2D eigenvalue weighted by Gasteiger charge is -2.08. The van der Waals surface area contributed by atoms with Gasteiger partial charge in [-0.3, -0.25) is 5.10 Å². The van der Waals surface area contributed by atoms with Gasteiger partial charge in [0, 0.05) is 34.8 Å². The number of hydrogen-bond acceptors (Lipinski definition) is 2. The number of imidazole rings is 1. The molecular formula is C27H24FN5. The highest BCUT2D eigenvalue weighted by Crippen LogP contribution is 2.35. The SMILES string of the molecule is C=C/C=C(/c1ccccc1F)c1cc(-c2n[nH]c3ccc(-c4cnc(C)n4C)cc23)[nH]c1C. The molecule has 0 aliphatic heterocycles. The molecule has 0 bridgehead atoms. The average Bonchev–Trinajstić information content (AvgIpc) is 3.49. The van der Waals surface area contributed by atoms with Gasteiger partial charge in [-0.25, -0.2) is 9.37 Å². The van der Waals surface area contributed by atoms with E-state index < -0.39 is 0 Å². The minimum absolute atomic E-state index is 0.269. The Kier molecular flexibility index (Phi) is 5.05. The van der Waals surface area contributed by atoms with E-state index in [1.807, 2.05) is 51.4 Å². The molecule has 5 rings (SSSR count). The molecule has 0 aliphatic carbocycles. The Balaban J connectivity index is 1.63. The number of H-pyrrole nitrogens is 2. The van der Waals surface area contributed by atoms with E-state index in [2.05, 4.69) is 43.4 Å². The fourth-order valence-electron chi connectivity index (χ4n) is 4.24. The molecule has 0 aliphatic rings. The highest BCUT2D eigenvalue weighted by molar-refractivity contribution is 5.96. The van der Waals surface area contributed by atoms with E-state index in [0.717, 1.165) is 56.2 Å². The number of hydrogen-bond donors (Lipinski definition) is 2. The molecule has 5 nitrogen and oxygen atoms in total. The average molecular weight is 438 g/mol. The second-order valence-electron chi connectivity index (χ2n) is 8.10. The van der Waals surface area contributed by atoms with Crippen LogP contribution in [0.2, 0.25) is 0 Å². The second-order valence-corrected chi connectivity index (χ2v) is 8.10. The molecule has 0 amide bonds. The van der Waals surface area contributed by atoms with Gasteiger partial charge in [0.2, 0.25) is 0 Å². The lowest BCUT2D eigenvalue weighted by atomic mass is 9.97. The van der Waals surface area contributed by atoms with Crippen molar-refractivity contribution >= 4 is 16.5 Å². The number of fused-ring (bicyclic) bond motifs is 1. The highest BCUT2D eigenvalue weighted by Gasteiger charge is 2.18. The standard InChI is InChI=1S/C27H24FN5/c1-5-8-19(20-9-6-7-10-23(20)28)21-14-25(30-16(21)2)27-22-13-18(11-12-24(22)31-32-27)26-15-29-17(3)33(26)4/h5-15,30H,1H2,2-4H3,(H,31,32)/b19-8-. The first-order valence-corrected chi connectivity index (χ1v) is 10.7. The van der Waals surface area contributed by atoms with Gasteiger partial charge in [0.05, 0.1) is 23.1 Å². The molecule has 0 unspecified atom stereocenters. The molecule has 3 heterocycles. The Bertz CT molecular complexity index is 1530. The molecule has 3 aromatic heterocycles. The Hall–Kier alpha value is -4.19. The number of allylic oxidation sites excluding steroid dienone is 2. The van der Waals surface area contributed by atoms with Crippen LogP contribution in [-0.4, -0.2) is 24.7 Å². The zero-order valence-electron chi connectivity index (χ0n) is 18.8. The zero-order valence-corrected chi connectivity index (χ0v) is 18.8. The van der Waals surface area contributed by atoms with Crippen LogP contribution in [0, 0.1) is 19.7 Å². The fraction of sp³-hybridized carbons (Fsp3) is 0.111. The van der Waals surface area contributed by atoms with Crippen LogP contribution in [-0.2, 0) is 7.05 Å². The molecule has 2 aromatic carbocycles. The van der Waals surface area contributed by atoms with E-state index in [0.29, 0.717) is 5.56 Å². The first-order chi connectivity index (χ1) is 16.0. The summed E-state index contributed by atoms with van der Waals surface area (Å²) in [5.41, 5.74) is 7.86. The molecule has 0 saturated carbocycles. The molecule has 0 fully saturated rings. The van der Waals surface area contributed by atoms with E-state index in [9.17, 15) is 4.39 Å². The first kappa shape index (κ1) is 20.7. The summed E-state index contributed by atoms with van der Waals surface area (Å²) in [5.74, 6) is 0.686. The number of aromatic amines is 2. The minimum atomic E-state index is -0.269. The van der Waals surface area contributed by atoms with Gasteiger partial charge in [0.15, 0.2) is 0 Å². The normalized spacial score (nSPS) is 11.9. The molecule has 2 N–H and O–H groups in total. The summed E-state index contributed by atoms with van der Waals surface area (Å²) in [5, 5.41) is 8.71. The van der Waals surface area contributed by atoms with Gasteiger partial charge in [0.1, 0.15) is 17.3 Å². The Morgan fingerprint density at radius 2 is 1.91 bits per heavy atom.